The average molecular weight is 333 g/mol. The molecule has 1 heterocycles. The molecule has 2 rings (SSSR count). The molecule has 0 aliphatic rings. The molecule has 24 heavy (non-hydrogen) atoms. The second kappa shape index (κ2) is 6.39. The Labute approximate surface area is 133 Å². The monoisotopic (exact) mass is 333 g/mol. The lowest BCUT2D eigenvalue weighted by Gasteiger charge is -2.04. The number of nitrogen functional groups attached to an aromatic ring is 3. The summed E-state index contributed by atoms with van der Waals surface area (Å²) in [5.74, 6) is -0.159. The van der Waals surface area contributed by atoms with Crippen LogP contribution in [0, 0.1) is 20.2 Å². The number of hydrazone groups is 1. The number of rotatable bonds is 5. The molecule has 124 valence electrons. The van der Waals surface area contributed by atoms with Gasteiger partial charge >= 0.3 is 5.69 Å². The highest BCUT2D eigenvalue weighted by Gasteiger charge is 2.19. The van der Waals surface area contributed by atoms with Gasteiger partial charge in [-0.25, -0.2) is 0 Å². The molecule has 0 atom stereocenters. The first-order valence-corrected chi connectivity index (χ1v) is 6.20. The summed E-state index contributed by atoms with van der Waals surface area (Å²) in [4.78, 5) is 27.5. The van der Waals surface area contributed by atoms with E-state index in [2.05, 4.69) is 20.5 Å². The third-order valence-electron chi connectivity index (χ3n) is 2.79. The number of nitro groups is 2. The van der Waals surface area contributed by atoms with E-state index >= 15 is 0 Å². The van der Waals surface area contributed by atoms with Crippen molar-refractivity contribution in [3.63, 3.8) is 0 Å². The second-order valence-electron chi connectivity index (χ2n) is 4.35. The summed E-state index contributed by atoms with van der Waals surface area (Å²) in [6, 6.07) is 3.06. The number of nitrogens with one attached hydrogen (secondary N) is 1. The van der Waals surface area contributed by atoms with Crippen LogP contribution < -0.4 is 22.6 Å². The number of nitrogens with two attached hydrogens (primary N) is 3. The molecular formula is C11H11N9O4. The molecule has 0 amide bonds. The number of nitro benzene ring substituents is 2. The van der Waals surface area contributed by atoms with Crippen LogP contribution in [-0.4, -0.2) is 26.0 Å². The van der Waals surface area contributed by atoms with Crippen LogP contribution in [0.4, 0.5) is 34.6 Å². The van der Waals surface area contributed by atoms with Crippen molar-refractivity contribution < 1.29 is 9.85 Å². The van der Waals surface area contributed by atoms with Crippen molar-refractivity contribution in [2.75, 3.05) is 22.6 Å². The molecule has 0 fully saturated rings. The fraction of sp³-hybridized carbons (Fsp3) is 0. The summed E-state index contributed by atoms with van der Waals surface area (Å²) in [5, 5.41) is 25.4. The molecule has 0 spiro atoms. The zero-order valence-corrected chi connectivity index (χ0v) is 11.9. The normalized spacial score (nSPS) is 10.7. The van der Waals surface area contributed by atoms with Crippen molar-refractivity contribution in [2.24, 2.45) is 5.10 Å². The summed E-state index contributed by atoms with van der Waals surface area (Å²) in [5.41, 5.74) is 18.2. The van der Waals surface area contributed by atoms with Crippen LogP contribution in [0.3, 0.4) is 0 Å². The Bertz CT molecular complexity index is 828. The summed E-state index contributed by atoms with van der Waals surface area (Å²) in [7, 11) is 0. The van der Waals surface area contributed by atoms with Gasteiger partial charge in [-0.3, -0.25) is 25.7 Å². The maximum absolute atomic E-state index is 11.0. The Morgan fingerprint density at radius 3 is 2.25 bits per heavy atom. The lowest BCUT2D eigenvalue weighted by atomic mass is 10.2. The fourth-order valence-corrected chi connectivity index (χ4v) is 1.70. The highest BCUT2D eigenvalue weighted by Crippen LogP contribution is 2.28. The van der Waals surface area contributed by atoms with E-state index in [4.69, 9.17) is 17.2 Å². The van der Waals surface area contributed by atoms with Gasteiger partial charge in [-0.2, -0.15) is 15.1 Å². The highest BCUT2D eigenvalue weighted by atomic mass is 16.6. The minimum atomic E-state index is -0.778. The van der Waals surface area contributed by atoms with E-state index in [0.29, 0.717) is 0 Å². The minimum Gasteiger partial charge on any atom is -0.383 e. The van der Waals surface area contributed by atoms with Gasteiger partial charge in [0, 0.05) is 6.07 Å². The Morgan fingerprint density at radius 1 is 1.08 bits per heavy atom. The number of anilines is 4. The number of benzene rings is 1. The third kappa shape index (κ3) is 3.41. The van der Waals surface area contributed by atoms with Gasteiger partial charge in [-0.1, -0.05) is 0 Å². The predicted molar refractivity (Wildman–Crippen MR) is 86.2 cm³/mol. The zero-order valence-electron chi connectivity index (χ0n) is 11.9. The number of hydrogen-bond acceptors (Lipinski definition) is 11. The highest BCUT2D eigenvalue weighted by molar-refractivity contribution is 5.92. The quantitative estimate of drug-likeness (QED) is 0.337. The molecule has 13 nitrogen and oxygen atoms in total. The molecule has 2 aromatic rings. The fourth-order valence-electron chi connectivity index (χ4n) is 1.70. The topological polar surface area (TPSA) is 215 Å². The van der Waals surface area contributed by atoms with Gasteiger partial charge in [0.2, 0.25) is 5.95 Å². The van der Waals surface area contributed by atoms with Gasteiger partial charge in [0.05, 0.1) is 27.7 Å². The smallest absolute Gasteiger partial charge is 0.301 e. The lowest BCUT2D eigenvalue weighted by Crippen LogP contribution is -2.08. The van der Waals surface area contributed by atoms with Gasteiger partial charge in [0.1, 0.15) is 17.3 Å². The molecule has 7 N–H and O–H groups in total. The van der Waals surface area contributed by atoms with Crippen molar-refractivity contribution >= 4 is 40.9 Å². The summed E-state index contributed by atoms with van der Waals surface area (Å²) in [6.07, 6.45) is 1.15. The summed E-state index contributed by atoms with van der Waals surface area (Å²) >= 11 is 0. The summed E-state index contributed by atoms with van der Waals surface area (Å²) < 4.78 is 0. The Balaban J connectivity index is 2.29. The first kappa shape index (κ1) is 16.3. The van der Waals surface area contributed by atoms with Crippen LogP contribution in [0.25, 0.3) is 0 Å². The van der Waals surface area contributed by atoms with Crippen LogP contribution in [-0.2, 0) is 0 Å². The van der Waals surface area contributed by atoms with E-state index in [-0.39, 0.29) is 28.8 Å². The standard InChI is InChI=1S/C11H11N9O4/c12-9-6(10(13)17-11(14)16-9)4-15-18-7-2-1-5(19(21)22)3-8(7)20(23)24/h1-4,18H,(H6,12,13,14,16,17). The first-order valence-electron chi connectivity index (χ1n) is 6.20. The zero-order chi connectivity index (χ0) is 17.9. The van der Waals surface area contributed by atoms with Gasteiger partial charge in [-0.15, -0.1) is 0 Å². The van der Waals surface area contributed by atoms with Crippen LogP contribution >= 0.6 is 0 Å². The van der Waals surface area contributed by atoms with Crippen LogP contribution in [0.5, 0.6) is 0 Å². The number of nitrogens with zero attached hydrogens (tertiary/aromatic N) is 5. The molecule has 0 saturated heterocycles. The number of aromatic nitrogens is 2. The molecule has 0 aliphatic carbocycles. The van der Waals surface area contributed by atoms with Crippen molar-refractivity contribution in [1.82, 2.24) is 9.97 Å². The first-order chi connectivity index (χ1) is 11.3. The SMILES string of the molecule is Nc1nc(N)c(C=NNc2ccc([N+](=O)[O-])cc2[N+](=O)[O-])c(N)n1. The number of hydrogen-bond donors (Lipinski definition) is 4. The van der Waals surface area contributed by atoms with Gasteiger partial charge in [-0.05, 0) is 6.07 Å². The van der Waals surface area contributed by atoms with Crippen molar-refractivity contribution in [1.29, 1.82) is 0 Å². The van der Waals surface area contributed by atoms with Crippen LogP contribution in [0.1, 0.15) is 5.56 Å². The van der Waals surface area contributed by atoms with E-state index in [1.54, 1.807) is 0 Å². The largest absolute Gasteiger partial charge is 0.383 e. The predicted octanol–water partition coefficient (Wildman–Crippen LogP) is 0.486. The lowest BCUT2D eigenvalue weighted by molar-refractivity contribution is -0.393. The maximum Gasteiger partial charge on any atom is 0.301 e. The van der Waals surface area contributed by atoms with Crippen LogP contribution in [0.15, 0.2) is 23.3 Å². The Kier molecular flexibility index (Phi) is 4.35. The number of non-ortho nitro benzene ring substituents is 1. The molecule has 0 radical (unpaired) electrons. The molecule has 0 saturated carbocycles. The van der Waals surface area contributed by atoms with Gasteiger partial charge in [0.15, 0.2) is 0 Å². The van der Waals surface area contributed by atoms with Crippen molar-refractivity contribution in [3.8, 4) is 0 Å². The van der Waals surface area contributed by atoms with Crippen molar-refractivity contribution in [3.05, 3.63) is 44.0 Å². The van der Waals surface area contributed by atoms with Crippen molar-refractivity contribution in [2.45, 2.75) is 0 Å². The molecular weight excluding hydrogens is 322 g/mol. The van der Waals surface area contributed by atoms with E-state index in [1.807, 2.05) is 0 Å². The van der Waals surface area contributed by atoms with Gasteiger partial charge in [0.25, 0.3) is 5.69 Å². The van der Waals surface area contributed by atoms with E-state index in [0.717, 1.165) is 24.4 Å². The van der Waals surface area contributed by atoms with E-state index < -0.39 is 21.2 Å². The maximum atomic E-state index is 11.0. The second-order valence-corrected chi connectivity index (χ2v) is 4.35. The molecule has 1 aromatic heterocycles. The van der Waals surface area contributed by atoms with E-state index in [9.17, 15) is 20.2 Å². The molecule has 0 unspecified atom stereocenters. The Hall–Kier alpha value is -4.03. The van der Waals surface area contributed by atoms with Crippen LogP contribution in [0.2, 0.25) is 0 Å². The van der Waals surface area contributed by atoms with Gasteiger partial charge < -0.3 is 17.2 Å². The minimum absolute atomic E-state index is 0.0243. The molecule has 13 heteroatoms. The molecule has 0 aliphatic heterocycles. The molecule has 0 bridgehead atoms. The summed E-state index contributed by atoms with van der Waals surface area (Å²) in [6.45, 7) is 0. The third-order valence-corrected chi connectivity index (χ3v) is 2.79. The van der Waals surface area contributed by atoms with E-state index in [1.165, 1.54) is 0 Å². The molecule has 1 aromatic carbocycles. The average Bonchev–Trinajstić information content (AvgIpc) is 2.49. The Morgan fingerprint density at radius 2 is 1.71 bits per heavy atom.